The average Bonchev–Trinajstić information content (AvgIpc) is 3.29. The minimum absolute atomic E-state index is 0.138. The van der Waals surface area contributed by atoms with Gasteiger partial charge >= 0.3 is 0 Å². The summed E-state index contributed by atoms with van der Waals surface area (Å²) < 4.78 is 10.8. The van der Waals surface area contributed by atoms with Gasteiger partial charge in [0.2, 0.25) is 17.6 Å². The number of ether oxygens (including phenoxy) is 1. The van der Waals surface area contributed by atoms with Crippen molar-refractivity contribution in [1.82, 2.24) is 15.0 Å². The number of rotatable bonds is 6. The number of likely N-dealkylation sites (tertiary alicyclic amines) is 1. The van der Waals surface area contributed by atoms with E-state index in [4.69, 9.17) is 9.26 Å². The van der Waals surface area contributed by atoms with Crippen molar-refractivity contribution in [1.29, 1.82) is 0 Å². The molecule has 0 unspecified atom stereocenters. The number of carbonyl (C=O) groups excluding carboxylic acids is 1. The molecule has 0 saturated carbocycles. The second kappa shape index (κ2) is 7.57. The molecule has 6 heteroatoms. The minimum Gasteiger partial charge on any atom is -0.377 e. The molecular formula is C18H23N3O3. The molecule has 1 saturated heterocycles. The van der Waals surface area contributed by atoms with E-state index in [0.29, 0.717) is 37.9 Å². The third-order valence-corrected chi connectivity index (χ3v) is 4.32. The Morgan fingerprint density at radius 2 is 2.12 bits per heavy atom. The summed E-state index contributed by atoms with van der Waals surface area (Å²) in [6, 6.07) is 7.98. The van der Waals surface area contributed by atoms with Gasteiger partial charge in [0.1, 0.15) is 0 Å². The first-order chi connectivity index (χ1) is 11.7. The highest BCUT2D eigenvalue weighted by atomic mass is 16.5. The summed E-state index contributed by atoms with van der Waals surface area (Å²) in [5, 5.41) is 4.09. The van der Waals surface area contributed by atoms with Gasteiger partial charge < -0.3 is 14.2 Å². The first kappa shape index (κ1) is 16.6. The topological polar surface area (TPSA) is 68.5 Å². The molecule has 1 amide bonds. The van der Waals surface area contributed by atoms with Crippen LogP contribution in [-0.2, 0) is 16.1 Å². The average molecular weight is 329 g/mol. The third kappa shape index (κ3) is 3.64. The summed E-state index contributed by atoms with van der Waals surface area (Å²) in [6.07, 6.45) is 1.41. The number of nitrogens with zero attached hydrogens (tertiary/aromatic N) is 3. The highest BCUT2D eigenvalue weighted by Gasteiger charge is 2.30. The van der Waals surface area contributed by atoms with Crippen molar-refractivity contribution < 1.29 is 14.1 Å². The zero-order valence-electron chi connectivity index (χ0n) is 14.2. The lowest BCUT2D eigenvalue weighted by Gasteiger charge is -2.13. The zero-order chi connectivity index (χ0) is 16.9. The van der Waals surface area contributed by atoms with Crippen molar-refractivity contribution in [2.45, 2.75) is 39.2 Å². The third-order valence-electron chi connectivity index (χ3n) is 4.32. The van der Waals surface area contributed by atoms with Gasteiger partial charge in [0.15, 0.2) is 0 Å². The molecule has 1 aromatic heterocycles. The fraction of sp³-hybridized carbons (Fsp3) is 0.500. The van der Waals surface area contributed by atoms with E-state index in [1.807, 2.05) is 43.0 Å². The van der Waals surface area contributed by atoms with Crippen LogP contribution in [0.1, 0.15) is 44.1 Å². The van der Waals surface area contributed by atoms with Crippen LogP contribution >= 0.6 is 0 Å². The lowest BCUT2D eigenvalue weighted by Crippen LogP contribution is -2.27. The zero-order valence-corrected chi connectivity index (χ0v) is 14.2. The Kier molecular flexibility index (Phi) is 5.25. The van der Waals surface area contributed by atoms with Gasteiger partial charge in [-0.3, -0.25) is 4.79 Å². The van der Waals surface area contributed by atoms with E-state index in [1.165, 1.54) is 0 Å². The Hall–Kier alpha value is -2.21. The van der Waals surface area contributed by atoms with Crippen LogP contribution in [0, 0.1) is 0 Å². The molecule has 2 aromatic rings. The number of aromatic nitrogens is 2. The van der Waals surface area contributed by atoms with Gasteiger partial charge in [-0.2, -0.15) is 4.98 Å². The van der Waals surface area contributed by atoms with Gasteiger partial charge in [0.05, 0.1) is 12.5 Å². The van der Waals surface area contributed by atoms with E-state index >= 15 is 0 Å². The molecule has 1 atom stereocenters. The summed E-state index contributed by atoms with van der Waals surface area (Å²) in [5.41, 5.74) is 2.04. The molecule has 0 N–H and O–H groups in total. The number of carbonyl (C=O) groups is 1. The van der Waals surface area contributed by atoms with Crippen molar-refractivity contribution in [2.75, 3.05) is 19.7 Å². The minimum atomic E-state index is 0.138. The molecular weight excluding hydrogens is 306 g/mol. The molecule has 1 aliphatic heterocycles. The van der Waals surface area contributed by atoms with Crippen molar-refractivity contribution in [3.8, 4) is 11.4 Å². The van der Waals surface area contributed by atoms with Crippen molar-refractivity contribution >= 4 is 5.91 Å². The fourth-order valence-electron chi connectivity index (χ4n) is 2.90. The summed E-state index contributed by atoms with van der Waals surface area (Å²) in [5.74, 6) is 1.53. The molecule has 0 radical (unpaired) electrons. The quantitative estimate of drug-likeness (QED) is 0.815. The van der Waals surface area contributed by atoms with Gasteiger partial charge in [-0.05, 0) is 18.9 Å². The Morgan fingerprint density at radius 1 is 1.33 bits per heavy atom. The lowest BCUT2D eigenvalue weighted by molar-refractivity contribution is -0.129. The van der Waals surface area contributed by atoms with Crippen LogP contribution in [0.25, 0.3) is 11.4 Å². The molecule has 0 aliphatic carbocycles. The SMILES string of the molecule is CCOCc1ccc(-c2noc([C@@H]3CCN(C(=O)CC)C3)n2)cc1. The van der Waals surface area contributed by atoms with Crippen LogP contribution in [0.15, 0.2) is 28.8 Å². The lowest BCUT2D eigenvalue weighted by atomic mass is 10.1. The monoisotopic (exact) mass is 329 g/mol. The number of hydrogen-bond acceptors (Lipinski definition) is 5. The number of amides is 1. The largest absolute Gasteiger partial charge is 0.377 e. The molecule has 0 bridgehead atoms. The van der Waals surface area contributed by atoms with Crippen LogP contribution in [0.4, 0.5) is 0 Å². The van der Waals surface area contributed by atoms with Crippen molar-refractivity contribution in [3.05, 3.63) is 35.7 Å². The van der Waals surface area contributed by atoms with Gasteiger partial charge in [-0.15, -0.1) is 0 Å². The standard InChI is InChI=1S/C18H23N3O3/c1-3-16(22)21-10-9-15(11-21)18-19-17(20-24-18)14-7-5-13(6-8-14)12-23-4-2/h5-8,15H,3-4,9-12H2,1-2H3/t15-/m1/s1. The molecule has 1 aliphatic rings. The highest BCUT2D eigenvalue weighted by molar-refractivity contribution is 5.76. The molecule has 128 valence electrons. The maximum atomic E-state index is 11.8. The fourth-order valence-corrected chi connectivity index (χ4v) is 2.90. The Morgan fingerprint density at radius 3 is 2.83 bits per heavy atom. The summed E-state index contributed by atoms with van der Waals surface area (Å²) >= 11 is 0. The van der Waals surface area contributed by atoms with Gasteiger partial charge in [-0.25, -0.2) is 0 Å². The molecule has 2 heterocycles. The Labute approximate surface area is 141 Å². The predicted molar refractivity (Wildman–Crippen MR) is 89.3 cm³/mol. The van der Waals surface area contributed by atoms with E-state index in [2.05, 4.69) is 10.1 Å². The second-order valence-corrected chi connectivity index (χ2v) is 5.97. The molecule has 0 spiro atoms. The van der Waals surface area contributed by atoms with E-state index < -0.39 is 0 Å². The first-order valence-electron chi connectivity index (χ1n) is 8.49. The normalized spacial score (nSPS) is 17.4. The Balaban J connectivity index is 1.66. The number of hydrogen-bond donors (Lipinski definition) is 0. The van der Waals surface area contributed by atoms with Crippen LogP contribution in [0.5, 0.6) is 0 Å². The van der Waals surface area contributed by atoms with Crippen LogP contribution in [0.3, 0.4) is 0 Å². The molecule has 1 aromatic carbocycles. The number of benzene rings is 1. The molecule has 24 heavy (non-hydrogen) atoms. The van der Waals surface area contributed by atoms with Crippen molar-refractivity contribution in [3.63, 3.8) is 0 Å². The van der Waals surface area contributed by atoms with Gasteiger partial charge in [-0.1, -0.05) is 36.3 Å². The van der Waals surface area contributed by atoms with Crippen molar-refractivity contribution in [2.24, 2.45) is 0 Å². The van der Waals surface area contributed by atoms with Crippen LogP contribution in [0.2, 0.25) is 0 Å². The van der Waals surface area contributed by atoms with E-state index in [9.17, 15) is 4.79 Å². The van der Waals surface area contributed by atoms with Crippen LogP contribution in [-0.4, -0.2) is 40.6 Å². The second-order valence-electron chi connectivity index (χ2n) is 5.97. The van der Waals surface area contributed by atoms with E-state index in [0.717, 1.165) is 24.1 Å². The smallest absolute Gasteiger partial charge is 0.231 e. The first-order valence-corrected chi connectivity index (χ1v) is 8.49. The predicted octanol–water partition coefficient (Wildman–Crippen LogP) is 3.00. The maximum Gasteiger partial charge on any atom is 0.231 e. The van der Waals surface area contributed by atoms with Crippen LogP contribution < -0.4 is 0 Å². The summed E-state index contributed by atoms with van der Waals surface area (Å²) in [7, 11) is 0. The van der Waals surface area contributed by atoms with Gasteiger partial charge in [0.25, 0.3) is 0 Å². The highest BCUT2D eigenvalue weighted by Crippen LogP contribution is 2.28. The molecule has 6 nitrogen and oxygen atoms in total. The molecule has 3 rings (SSSR count). The van der Waals surface area contributed by atoms with E-state index in [1.54, 1.807) is 0 Å². The summed E-state index contributed by atoms with van der Waals surface area (Å²) in [4.78, 5) is 18.2. The Bertz CT molecular complexity index is 681. The van der Waals surface area contributed by atoms with E-state index in [-0.39, 0.29) is 11.8 Å². The maximum absolute atomic E-state index is 11.8. The summed E-state index contributed by atoms with van der Waals surface area (Å²) in [6.45, 7) is 6.61. The van der Waals surface area contributed by atoms with Gasteiger partial charge in [0, 0.05) is 31.7 Å². The molecule has 1 fully saturated rings.